The fraction of sp³-hybridized carbons (Fsp3) is 0.500. The second kappa shape index (κ2) is 6.73. The molecule has 3 rings (SSSR count). The Labute approximate surface area is 151 Å². The molecule has 1 aromatic rings. The summed E-state index contributed by atoms with van der Waals surface area (Å²) in [6, 6.07) is 2.68. The molecule has 2 saturated heterocycles. The van der Waals surface area contributed by atoms with E-state index < -0.39 is 44.4 Å². The van der Waals surface area contributed by atoms with Crippen LogP contribution in [-0.4, -0.2) is 69.3 Å². The third-order valence-corrected chi connectivity index (χ3v) is 5.60. The molecule has 1 amide bonds. The first kappa shape index (κ1) is 19.5. The van der Waals surface area contributed by atoms with E-state index in [1.54, 1.807) is 0 Å². The highest BCUT2D eigenvalue weighted by Crippen LogP contribution is 2.36. The molecule has 1 aromatic carbocycles. The van der Waals surface area contributed by atoms with Crippen LogP contribution in [0.4, 0.5) is 18.0 Å². The fourth-order valence-corrected chi connectivity index (χ4v) is 4.21. The lowest BCUT2D eigenvalue weighted by Crippen LogP contribution is -2.61. The van der Waals surface area contributed by atoms with Gasteiger partial charge in [0.05, 0.1) is 13.2 Å². The van der Waals surface area contributed by atoms with Crippen molar-refractivity contribution in [3.63, 3.8) is 0 Å². The number of halogens is 3. The molecule has 1 atom stereocenters. The van der Waals surface area contributed by atoms with Crippen molar-refractivity contribution in [2.75, 3.05) is 32.9 Å². The van der Waals surface area contributed by atoms with Crippen LogP contribution < -0.4 is 9.46 Å². The summed E-state index contributed by atoms with van der Waals surface area (Å²) in [6.45, 7) is -0.137. The molecule has 2 fully saturated rings. The number of rotatable bonds is 5. The summed E-state index contributed by atoms with van der Waals surface area (Å²) >= 11 is 0. The summed E-state index contributed by atoms with van der Waals surface area (Å²) in [5.41, 5.74) is -1.13. The van der Waals surface area contributed by atoms with Crippen LogP contribution in [0.2, 0.25) is 0 Å². The minimum Gasteiger partial charge on any atom is -0.506 e. The van der Waals surface area contributed by atoms with Crippen LogP contribution in [-0.2, 0) is 19.5 Å². The quantitative estimate of drug-likeness (QED) is 0.735. The summed E-state index contributed by atoms with van der Waals surface area (Å²) in [6.07, 6.45) is -5.79. The predicted molar refractivity (Wildman–Crippen MR) is 81.6 cm³/mol. The molecule has 2 N–H and O–H groups in total. The van der Waals surface area contributed by atoms with Gasteiger partial charge in [-0.2, -0.15) is 0 Å². The lowest BCUT2D eigenvalue weighted by atomic mass is 10.00. The molecule has 2 aliphatic heterocycles. The van der Waals surface area contributed by atoms with Gasteiger partial charge in [0.15, 0.2) is 10.6 Å². The van der Waals surface area contributed by atoms with Crippen molar-refractivity contribution >= 4 is 16.1 Å². The first-order valence-corrected chi connectivity index (χ1v) is 9.12. The van der Waals surface area contributed by atoms with E-state index in [1.165, 1.54) is 4.90 Å². The zero-order valence-corrected chi connectivity index (χ0v) is 14.5. The van der Waals surface area contributed by atoms with Crippen LogP contribution in [0.15, 0.2) is 23.1 Å². The zero-order valence-electron chi connectivity index (χ0n) is 13.7. The van der Waals surface area contributed by atoms with E-state index in [2.05, 4.69) is 9.46 Å². The molecular formula is C14H15F3N2O7S. The van der Waals surface area contributed by atoms with E-state index in [4.69, 9.17) is 9.47 Å². The molecule has 2 heterocycles. The molecule has 0 bridgehead atoms. The lowest BCUT2D eigenvalue weighted by Gasteiger charge is -2.38. The number of ether oxygens (including phenoxy) is 3. The molecule has 1 unspecified atom stereocenters. The van der Waals surface area contributed by atoms with Crippen molar-refractivity contribution in [2.24, 2.45) is 0 Å². The second-order valence-electron chi connectivity index (χ2n) is 5.96. The Morgan fingerprint density at radius 2 is 2.07 bits per heavy atom. The van der Waals surface area contributed by atoms with Crippen LogP contribution in [0, 0.1) is 0 Å². The van der Waals surface area contributed by atoms with Crippen molar-refractivity contribution in [3.8, 4) is 11.5 Å². The number of cyclic esters (lactones) is 1. The van der Waals surface area contributed by atoms with Gasteiger partial charge in [0.1, 0.15) is 17.9 Å². The molecule has 9 nitrogen and oxygen atoms in total. The molecule has 0 spiro atoms. The highest BCUT2D eigenvalue weighted by Gasteiger charge is 2.50. The van der Waals surface area contributed by atoms with Crippen LogP contribution >= 0.6 is 0 Å². The normalized spacial score (nSPS) is 23.1. The average Bonchev–Trinajstić information content (AvgIpc) is 2.90. The monoisotopic (exact) mass is 412 g/mol. The standard InChI is InChI=1S/C14H15F3N2O7S/c15-14(16,17)26-10-3-1-2-9(20)11(10)27(22,23)18-6-13-7-24-5-4-19(13)12(21)25-8-13/h1-3,18,20H,4-8H2. The Morgan fingerprint density at radius 3 is 2.78 bits per heavy atom. The van der Waals surface area contributed by atoms with Gasteiger partial charge in [-0.3, -0.25) is 4.90 Å². The van der Waals surface area contributed by atoms with Gasteiger partial charge in [-0.05, 0) is 12.1 Å². The molecule has 13 heteroatoms. The summed E-state index contributed by atoms with van der Waals surface area (Å²) in [5, 5.41) is 9.81. The lowest BCUT2D eigenvalue weighted by molar-refractivity contribution is -0.275. The smallest absolute Gasteiger partial charge is 0.506 e. The van der Waals surface area contributed by atoms with Crippen molar-refractivity contribution in [1.82, 2.24) is 9.62 Å². The molecule has 0 aromatic heterocycles. The minimum absolute atomic E-state index is 0.0199. The Morgan fingerprint density at radius 1 is 1.33 bits per heavy atom. The maximum atomic E-state index is 12.6. The van der Waals surface area contributed by atoms with Gasteiger partial charge in [-0.15, -0.1) is 13.2 Å². The van der Waals surface area contributed by atoms with Crippen LogP contribution in [0.5, 0.6) is 11.5 Å². The van der Waals surface area contributed by atoms with E-state index in [0.717, 1.165) is 18.2 Å². The van der Waals surface area contributed by atoms with Crippen LogP contribution in [0.3, 0.4) is 0 Å². The third-order valence-electron chi connectivity index (χ3n) is 4.13. The van der Waals surface area contributed by atoms with Crippen LogP contribution in [0.25, 0.3) is 0 Å². The number of amides is 1. The van der Waals surface area contributed by atoms with Crippen molar-refractivity contribution < 1.29 is 45.7 Å². The number of morpholine rings is 1. The van der Waals surface area contributed by atoms with E-state index in [-0.39, 0.29) is 32.9 Å². The number of nitrogens with zero attached hydrogens (tertiary/aromatic N) is 1. The first-order chi connectivity index (χ1) is 12.5. The van der Waals surface area contributed by atoms with Gasteiger partial charge in [-0.25, -0.2) is 17.9 Å². The highest BCUT2D eigenvalue weighted by molar-refractivity contribution is 7.89. The number of alkyl halides is 3. The summed E-state index contributed by atoms with van der Waals surface area (Å²) < 4.78 is 78.8. The molecule has 0 aliphatic carbocycles. The second-order valence-corrected chi connectivity index (χ2v) is 7.66. The zero-order chi connectivity index (χ0) is 19.9. The van der Waals surface area contributed by atoms with E-state index in [1.807, 2.05) is 0 Å². The number of carbonyl (C=O) groups excluding carboxylic acids is 1. The Bertz CT molecular complexity index is 846. The number of phenols is 1. The van der Waals surface area contributed by atoms with Crippen LogP contribution in [0.1, 0.15) is 0 Å². The van der Waals surface area contributed by atoms with E-state index >= 15 is 0 Å². The van der Waals surface area contributed by atoms with E-state index in [0.29, 0.717) is 0 Å². The third kappa shape index (κ3) is 3.89. The molecule has 2 aliphatic rings. The number of hydrogen-bond donors (Lipinski definition) is 2. The number of carbonyl (C=O) groups is 1. The molecule has 27 heavy (non-hydrogen) atoms. The minimum atomic E-state index is -5.16. The molecule has 0 radical (unpaired) electrons. The van der Waals surface area contributed by atoms with Gasteiger partial charge in [0, 0.05) is 13.1 Å². The highest BCUT2D eigenvalue weighted by atomic mass is 32.2. The number of fused-ring (bicyclic) bond motifs is 1. The average molecular weight is 412 g/mol. The Kier molecular flexibility index (Phi) is 4.86. The molecule has 150 valence electrons. The van der Waals surface area contributed by atoms with Gasteiger partial charge >= 0.3 is 12.5 Å². The maximum absolute atomic E-state index is 12.6. The first-order valence-electron chi connectivity index (χ1n) is 7.64. The fourth-order valence-electron chi connectivity index (χ4n) is 2.89. The van der Waals surface area contributed by atoms with Gasteiger partial charge in [0.2, 0.25) is 10.0 Å². The number of benzene rings is 1. The Hall–Kier alpha value is -2.25. The number of sulfonamides is 1. The van der Waals surface area contributed by atoms with Crippen molar-refractivity contribution in [1.29, 1.82) is 0 Å². The molecular weight excluding hydrogens is 397 g/mol. The molecule has 0 saturated carbocycles. The largest absolute Gasteiger partial charge is 0.573 e. The number of hydrogen-bond acceptors (Lipinski definition) is 7. The summed E-state index contributed by atoms with van der Waals surface area (Å²) in [4.78, 5) is 12.0. The Balaban J connectivity index is 1.87. The number of phenolic OH excluding ortho intramolecular Hbond substituents is 1. The topological polar surface area (TPSA) is 114 Å². The van der Waals surface area contributed by atoms with Crippen molar-refractivity contribution in [3.05, 3.63) is 18.2 Å². The summed E-state index contributed by atoms with van der Waals surface area (Å²) in [7, 11) is -4.63. The number of aromatic hydroxyl groups is 1. The number of nitrogens with one attached hydrogen (secondary N) is 1. The van der Waals surface area contributed by atoms with Gasteiger partial charge < -0.3 is 19.3 Å². The SMILES string of the molecule is O=C1OCC2(CNS(=O)(=O)c3c(O)cccc3OC(F)(F)F)COCCN12. The van der Waals surface area contributed by atoms with Crippen molar-refractivity contribution in [2.45, 2.75) is 16.8 Å². The van der Waals surface area contributed by atoms with Gasteiger partial charge in [0.25, 0.3) is 0 Å². The predicted octanol–water partition coefficient (Wildman–Crippen LogP) is 0.790. The van der Waals surface area contributed by atoms with E-state index in [9.17, 15) is 31.5 Å². The summed E-state index contributed by atoms with van der Waals surface area (Å²) in [5.74, 6) is -2.00. The van der Waals surface area contributed by atoms with Gasteiger partial charge in [-0.1, -0.05) is 6.07 Å². The maximum Gasteiger partial charge on any atom is 0.573 e.